The average molecular weight is 383 g/mol. The molecule has 0 unspecified atom stereocenters. The highest BCUT2D eigenvalue weighted by molar-refractivity contribution is 7.22. The number of hydrogen-bond acceptors (Lipinski definition) is 5. The molecule has 2 fully saturated rings. The van der Waals surface area contributed by atoms with Gasteiger partial charge in [0.2, 0.25) is 0 Å². The number of nitrogens with zero attached hydrogens (tertiary/aromatic N) is 4. The predicted octanol–water partition coefficient (Wildman–Crippen LogP) is 5.10. The summed E-state index contributed by atoms with van der Waals surface area (Å²) in [6, 6.07) is 3.07. The molecule has 0 amide bonds. The van der Waals surface area contributed by atoms with Gasteiger partial charge in [-0.1, -0.05) is 23.8 Å². The molecule has 5 rings (SSSR count). The normalized spacial score (nSPS) is 23.0. The summed E-state index contributed by atoms with van der Waals surface area (Å²) >= 11 is 1.85. The van der Waals surface area contributed by atoms with E-state index < -0.39 is 0 Å². The van der Waals surface area contributed by atoms with Crippen LogP contribution in [0.3, 0.4) is 0 Å². The van der Waals surface area contributed by atoms with Gasteiger partial charge >= 0.3 is 0 Å². The third kappa shape index (κ3) is 3.77. The number of piperidine rings is 2. The average Bonchev–Trinajstić information content (AvgIpc) is 3.18. The van der Waals surface area contributed by atoms with Crippen LogP contribution in [0.5, 0.6) is 0 Å². The molecule has 4 nitrogen and oxygen atoms in total. The number of thiazole rings is 1. The first-order valence-corrected chi connectivity index (χ1v) is 11.6. The SMILES string of the molecule is C1=C(c2cc3sc(N4CCC(N5CCCCC5)CC4)nc3cn2)CCCC1. The maximum absolute atomic E-state index is 4.91. The fourth-order valence-corrected chi connectivity index (χ4v) is 5.93. The fraction of sp³-hybridized carbons (Fsp3) is 0.636. The van der Waals surface area contributed by atoms with Crippen molar-refractivity contribution >= 4 is 32.3 Å². The van der Waals surface area contributed by atoms with Gasteiger partial charge in [-0.15, -0.1) is 0 Å². The van der Waals surface area contributed by atoms with Crippen molar-refractivity contribution in [2.24, 2.45) is 0 Å². The molecule has 0 spiro atoms. The molecule has 0 aromatic carbocycles. The van der Waals surface area contributed by atoms with E-state index in [2.05, 4.69) is 21.9 Å². The van der Waals surface area contributed by atoms with E-state index in [4.69, 9.17) is 9.97 Å². The standard InChI is InChI=1S/C22H30N4S/c1-3-7-17(8-4-1)19-15-21-20(16-23-19)24-22(27-21)26-13-9-18(10-14-26)25-11-5-2-6-12-25/h7,15-16,18H,1-6,8-14H2. The van der Waals surface area contributed by atoms with Crippen molar-refractivity contribution in [1.29, 1.82) is 0 Å². The van der Waals surface area contributed by atoms with E-state index in [-0.39, 0.29) is 0 Å². The van der Waals surface area contributed by atoms with Crippen molar-refractivity contribution in [3.63, 3.8) is 0 Å². The van der Waals surface area contributed by atoms with Gasteiger partial charge in [-0.3, -0.25) is 4.98 Å². The minimum absolute atomic E-state index is 0.794. The summed E-state index contributed by atoms with van der Waals surface area (Å²) in [5.74, 6) is 0. The number of hydrogen-bond donors (Lipinski definition) is 0. The summed E-state index contributed by atoms with van der Waals surface area (Å²) < 4.78 is 1.29. The van der Waals surface area contributed by atoms with Crippen molar-refractivity contribution in [2.45, 2.75) is 63.8 Å². The Kier molecular flexibility index (Phi) is 5.14. The van der Waals surface area contributed by atoms with Gasteiger partial charge in [0, 0.05) is 19.1 Å². The topological polar surface area (TPSA) is 32.3 Å². The second kappa shape index (κ2) is 7.88. The Morgan fingerprint density at radius 3 is 2.59 bits per heavy atom. The van der Waals surface area contributed by atoms with Crippen LogP contribution in [0, 0.1) is 0 Å². The lowest BCUT2D eigenvalue weighted by Crippen LogP contribution is -2.46. The molecule has 3 aliphatic rings. The maximum atomic E-state index is 4.91. The highest BCUT2D eigenvalue weighted by Gasteiger charge is 2.26. The van der Waals surface area contributed by atoms with Crippen LogP contribution < -0.4 is 4.90 Å². The molecule has 0 radical (unpaired) electrons. The first-order chi connectivity index (χ1) is 13.4. The van der Waals surface area contributed by atoms with Gasteiger partial charge < -0.3 is 9.80 Å². The Morgan fingerprint density at radius 2 is 1.81 bits per heavy atom. The zero-order valence-electron chi connectivity index (χ0n) is 16.2. The molecular weight excluding hydrogens is 352 g/mol. The first kappa shape index (κ1) is 17.6. The maximum Gasteiger partial charge on any atom is 0.186 e. The van der Waals surface area contributed by atoms with Crippen molar-refractivity contribution in [1.82, 2.24) is 14.9 Å². The van der Waals surface area contributed by atoms with Crippen molar-refractivity contribution in [2.75, 3.05) is 31.1 Å². The van der Waals surface area contributed by atoms with Crippen LogP contribution in [0.4, 0.5) is 5.13 Å². The second-order valence-electron chi connectivity index (χ2n) is 8.32. The molecule has 2 aliphatic heterocycles. The summed E-state index contributed by atoms with van der Waals surface area (Å²) in [5, 5.41) is 1.19. The Labute approximate surface area is 166 Å². The summed E-state index contributed by atoms with van der Waals surface area (Å²) in [6.07, 6.45) is 16.1. The number of aromatic nitrogens is 2. The van der Waals surface area contributed by atoms with Gasteiger partial charge in [-0.2, -0.15) is 0 Å². The highest BCUT2D eigenvalue weighted by atomic mass is 32.1. The van der Waals surface area contributed by atoms with Crippen molar-refractivity contribution < 1.29 is 0 Å². The van der Waals surface area contributed by atoms with Crippen LogP contribution in [0.1, 0.15) is 63.5 Å². The molecule has 144 valence electrons. The van der Waals surface area contributed by atoms with E-state index in [1.165, 1.54) is 92.0 Å². The number of anilines is 1. The smallest absolute Gasteiger partial charge is 0.186 e. The Morgan fingerprint density at radius 1 is 0.963 bits per heavy atom. The molecule has 1 aliphatic carbocycles. The molecule has 27 heavy (non-hydrogen) atoms. The summed E-state index contributed by atoms with van der Waals surface area (Å²) in [4.78, 5) is 14.9. The molecule has 0 atom stereocenters. The number of rotatable bonds is 3. The lowest BCUT2D eigenvalue weighted by Gasteiger charge is -2.40. The molecule has 0 N–H and O–H groups in total. The van der Waals surface area contributed by atoms with Crippen LogP contribution >= 0.6 is 11.3 Å². The molecule has 4 heterocycles. The molecule has 5 heteroatoms. The highest BCUT2D eigenvalue weighted by Crippen LogP contribution is 2.34. The van der Waals surface area contributed by atoms with Crippen LogP contribution in [0.25, 0.3) is 15.8 Å². The first-order valence-electron chi connectivity index (χ1n) is 10.8. The molecule has 2 aromatic heterocycles. The lowest BCUT2D eigenvalue weighted by molar-refractivity contribution is 0.141. The molecule has 2 aromatic rings. The van der Waals surface area contributed by atoms with Crippen molar-refractivity contribution in [3.8, 4) is 0 Å². The van der Waals surface area contributed by atoms with Crippen LogP contribution in [0.2, 0.25) is 0 Å². The summed E-state index contributed by atoms with van der Waals surface area (Å²) in [7, 11) is 0. The van der Waals surface area contributed by atoms with E-state index >= 15 is 0 Å². The summed E-state index contributed by atoms with van der Waals surface area (Å²) in [5.41, 5.74) is 3.66. The Bertz CT molecular complexity index is 813. The minimum Gasteiger partial charge on any atom is -0.348 e. The molecule has 0 bridgehead atoms. The Balaban J connectivity index is 1.28. The van der Waals surface area contributed by atoms with E-state index in [1.54, 1.807) is 0 Å². The quantitative estimate of drug-likeness (QED) is 0.739. The third-order valence-electron chi connectivity index (χ3n) is 6.53. The van der Waals surface area contributed by atoms with Gasteiger partial charge in [0.25, 0.3) is 0 Å². The van der Waals surface area contributed by atoms with Gasteiger partial charge in [0.1, 0.15) is 5.52 Å². The fourth-order valence-electron chi connectivity index (χ4n) is 4.91. The largest absolute Gasteiger partial charge is 0.348 e. The number of pyridine rings is 1. The lowest BCUT2D eigenvalue weighted by atomic mass is 9.97. The number of allylic oxidation sites excluding steroid dienone is 2. The van der Waals surface area contributed by atoms with Crippen LogP contribution in [-0.4, -0.2) is 47.1 Å². The number of fused-ring (bicyclic) bond motifs is 1. The van der Waals surface area contributed by atoms with E-state index in [1.807, 2.05) is 17.5 Å². The van der Waals surface area contributed by atoms with E-state index in [9.17, 15) is 0 Å². The summed E-state index contributed by atoms with van der Waals surface area (Å²) in [6.45, 7) is 4.92. The van der Waals surface area contributed by atoms with Gasteiger partial charge in [-0.25, -0.2) is 4.98 Å². The van der Waals surface area contributed by atoms with Gasteiger partial charge in [-0.05, 0) is 76.1 Å². The molecule has 0 saturated carbocycles. The molecular formula is C22H30N4S. The molecule has 2 saturated heterocycles. The van der Waals surface area contributed by atoms with E-state index in [0.717, 1.165) is 24.6 Å². The third-order valence-corrected chi connectivity index (χ3v) is 7.60. The minimum atomic E-state index is 0.794. The predicted molar refractivity (Wildman–Crippen MR) is 115 cm³/mol. The zero-order chi connectivity index (χ0) is 18.1. The number of likely N-dealkylation sites (tertiary alicyclic amines) is 1. The second-order valence-corrected chi connectivity index (χ2v) is 9.33. The van der Waals surface area contributed by atoms with Crippen molar-refractivity contribution in [3.05, 3.63) is 24.0 Å². The van der Waals surface area contributed by atoms with Gasteiger partial charge in [0.15, 0.2) is 5.13 Å². The van der Waals surface area contributed by atoms with Crippen LogP contribution in [0.15, 0.2) is 18.3 Å². The van der Waals surface area contributed by atoms with Crippen LogP contribution in [-0.2, 0) is 0 Å². The van der Waals surface area contributed by atoms with E-state index in [0.29, 0.717) is 0 Å². The monoisotopic (exact) mass is 382 g/mol. The Hall–Kier alpha value is -1.46. The zero-order valence-corrected chi connectivity index (χ0v) is 17.0. The van der Waals surface area contributed by atoms with Gasteiger partial charge in [0.05, 0.1) is 16.6 Å².